The summed E-state index contributed by atoms with van der Waals surface area (Å²) in [6.07, 6.45) is 2.41. The Morgan fingerprint density at radius 2 is 1.90 bits per heavy atom. The Kier molecular flexibility index (Phi) is 6.85. The lowest BCUT2D eigenvalue weighted by molar-refractivity contribution is 0.590. The number of nitriles is 1. The van der Waals surface area contributed by atoms with Crippen LogP contribution in [0.5, 0.6) is 0 Å². The quantitative estimate of drug-likeness (QED) is 0.713. The van der Waals surface area contributed by atoms with Crippen LogP contribution in [0.3, 0.4) is 0 Å². The summed E-state index contributed by atoms with van der Waals surface area (Å²) >= 11 is 0. The Bertz CT molecular complexity index is 589. The van der Waals surface area contributed by atoms with Crippen LogP contribution in [0.25, 0.3) is 0 Å². The van der Waals surface area contributed by atoms with Gasteiger partial charge in [0.2, 0.25) is 0 Å². The first-order valence-electron chi connectivity index (χ1n) is 6.19. The van der Waals surface area contributed by atoms with E-state index in [-0.39, 0.29) is 10.6 Å². The molecule has 0 spiro atoms. The first-order valence-corrected chi connectivity index (χ1v) is 9.57. The lowest BCUT2D eigenvalue weighted by Crippen LogP contribution is -2.24. The van der Waals surface area contributed by atoms with E-state index in [2.05, 4.69) is 5.32 Å². The van der Waals surface area contributed by atoms with Crippen molar-refractivity contribution in [2.45, 2.75) is 11.3 Å². The molecule has 0 aliphatic carbocycles. The molecule has 20 heavy (non-hydrogen) atoms. The van der Waals surface area contributed by atoms with Crippen molar-refractivity contribution in [3.8, 4) is 6.07 Å². The van der Waals surface area contributed by atoms with E-state index < -0.39 is 20.6 Å². The van der Waals surface area contributed by atoms with Crippen LogP contribution in [0, 0.1) is 11.3 Å². The van der Waals surface area contributed by atoms with E-state index in [1.54, 1.807) is 6.26 Å². The van der Waals surface area contributed by atoms with Gasteiger partial charge in [-0.1, -0.05) is 0 Å². The van der Waals surface area contributed by atoms with E-state index in [1.807, 2.05) is 6.07 Å². The average Bonchev–Trinajstić information content (AvgIpc) is 2.42. The highest BCUT2D eigenvalue weighted by Crippen LogP contribution is 2.11. The van der Waals surface area contributed by atoms with Gasteiger partial charge in [0.25, 0.3) is 0 Å². The molecule has 0 saturated heterocycles. The number of hydrogen-bond donors (Lipinski definition) is 1. The summed E-state index contributed by atoms with van der Waals surface area (Å²) in [6.45, 7) is 1.02. The fraction of sp³-hybridized carbons (Fsp3) is 0.462. The zero-order chi connectivity index (χ0) is 15.0. The molecule has 0 amide bonds. The van der Waals surface area contributed by atoms with Crippen molar-refractivity contribution in [2.24, 2.45) is 0 Å². The van der Waals surface area contributed by atoms with E-state index in [9.17, 15) is 12.6 Å². The highest BCUT2D eigenvalue weighted by Gasteiger charge is 2.13. The monoisotopic (exact) mass is 314 g/mol. The molecule has 1 aromatic carbocycles. The second kappa shape index (κ2) is 8.15. The third kappa shape index (κ3) is 5.82. The Morgan fingerprint density at radius 1 is 1.25 bits per heavy atom. The smallest absolute Gasteiger partial charge is 0.179 e. The van der Waals surface area contributed by atoms with E-state index in [1.165, 1.54) is 24.3 Å². The number of nitrogens with zero attached hydrogens (tertiary/aromatic N) is 1. The van der Waals surface area contributed by atoms with Gasteiger partial charge in [-0.3, -0.25) is 4.21 Å². The van der Waals surface area contributed by atoms with Gasteiger partial charge >= 0.3 is 0 Å². The molecule has 0 heterocycles. The SMILES string of the molecule is CS(=O)CCCNCCS(=O)(=O)c1ccc(C#N)cc1. The molecule has 0 aliphatic rings. The van der Waals surface area contributed by atoms with Gasteiger partial charge in [-0.25, -0.2) is 8.42 Å². The molecule has 0 aliphatic heterocycles. The van der Waals surface area contributed by atoms with Crippen molar-refractivity contribution in [2.75, 3.05) is 30.9 Å². The first-order chi connectivity index (χ1) is 9.45. The van der Waals surface area contributed by atoms with Crippen molar-refractivity contribution in [3.05, 3.63) is 29.8 Å². The minimum absolute atomic E-state index is 0.00805. The molecule has 1 atom stereocenters. The topological polar surface area (TPSA) is 87.0 Å². The van der Waals surface area contributed by atoms with Gasteiger partial charge in [-0.2, -0.15) is 5.26 Å². The normalized spacial score (nSPS) is 12.8. The van der Waals surface area contributed by atoms with Crippen LogP contribution in [-0.4, -0.2) is 43.5 Å². The highest BCUT2D eigenvalue weighted by molar-refractivity contribution is 7.91. The predicted molar refractivity (Wildman–Crippen MR) is 79.6 cm³/mol. The van der Waals surface area contributed by atoms with Crippen molar-refractivity contribution >= 4 is 20.6 Å². The summed E-state index contributed by atoms with van der Waals surface area (Å²) < 4.78 is 34.8. The Balaban J connectivity index is 2.41. The molecule has 1 rings (SSSR count). The van der Waals surface area contributed by atoms with Gasteiger partial charge in [0.05, 0.1) is 22.3 Å². The molecule has 7 heteroatoms. The Labute approximate surface area is 122 Å². The third-order valence-corrected chi connectivity index (χ3v) is 5.27. The summed E-state index contributed by atoms with van der Waals surface area (Å²) in [5.41, 5.74) is 0.439. The van der Waals surface area contributed by atoms with Gasteiger partial charge < -0.3 is 5.32 Å². The van der Waals surface area contributed by atoms with Gasteiger partial charge in [0, 0.05) is 29.4 Å². The van der Waals surface area contributed by atoms with Gasteiger partial charge in [-0.15, -0.1) is 0 Å². The number of rotatable bonds is 8. The zero-order valence-electron chi connectivity index (χ0n) is 11.3. The molecule has 1 aromatic rings. The predicted octanol–water partition coefficient (Wildman–Crippen LogP) is 0.690. The van der Waals surface area contributed by atoms with Gasteiger partial charge in [-0.05, 0) is 37.2 Å². The summed E-state index contributed by atoms with van der Waals surface area (Å²) in [4.78, 5) is 0.230. The van der Waals surface area contributed by atoms with Crippen molar-refractivity contribution in [1.29, 1.82) is 5.26 Å². The standard InChI is InChI=1S/C13H18N2O3S2/c1-19(16)9-2-7-15-8-10-20(17,18)13-5-3-12(11-14)4-6-13/h3-6,15H,2,7-10H2,1H3. The molecule has 0 aromatic heterocycles. The van der Waals surface area contributed by atoms with Crippen LogP contribution in [0.1, 0.15) is 12.0 Å². The lowest BCUT2D eigenvalue weighted by Gasteiger charge is -2.06. The molecular formula is C13H18N2O3S2. The number of benzene rings is 1. The Hall–Kier alpha value is -1.23. The highest BCUT2D eigenvalue weighted by atomic mass is 32.2. The summed E-state index contributed by atoms with van der Waals surface area (Å²) in [6, 6.07) is 7.85. The van der Waals surface area contributed by atoms with Gasteiger partial charge in [0.1, 0.15) is 0 Å². The van der Waals surface area contributed by atoms with Crippen LogP contribution < -0.4 is 5.32 Å². The van der Waals surface area contributed by atoms with Crippen LogP contribution in [0.2, 0.25) is 0 Å². The minimum atomic E-state index is -3.32. The first kappa shape index (κ1) is 16.8. The molecular weight excluding hydrogens is 296 g/mol. The van der Waals surface area contributed by atoms with E-state index in [4.69, 9.17) is 5.26 Å². The largest absolute Gasteiger partial charge is 0.316 e. The van der Waals surface area contributed by atoms with Crippen LogP contribution in [0.4, 0.5) is 0 Å². The third-order valence-electron chi connectivity index (χ3n) is 2.68. The number of hydrogen-bond acceptors (Lipinski definition) is 5. The summed E-state index contributed by atoms with van der Waals surface area (Å²) in [7, 11) is -4.13. The van der Waals surface area contributed by atoms with Crippen LogP contribution in [0.15, 0.2) is 29.2 Å². The molecule has 5 nitrogen and oxygen atoms in total. The Morgan fingerprint density at radius 3 is 2.45 bits per heavy atom. The second-order valence-electron chi connectivity index (χ2n) is 4.34. The maximum Gasteiger partial charge on any atom is 0.179 e. The summed E-state index contributed by atoms with van der Waals surface area (Å²) in [5.74, 6) is 0.628. The molecule has 0 radical (unpaired) electrons. The number of nitrogens with one attached hydrogen (secondary N) is 1. The maximum atomic E-state index is 12.0. The average molecular weight is 314 g/mol. The van der Waals surface area contributed by atoms with Crippen molar-refractivity contribution in [3.63, 3.8) is 0 Å². The fourth-order valence-electron chi connectivity index (χ4n) is 1.59. The van der Waals surface area contributed by atoms with E-state index in [0.717, 1.165) is 6.42 Å². The van der Waals surface area contributed by atoms with Crippen molar-refractivity contribution in [1.82, 2.24) is 5.32 Å². The van der Waals surface area contributed by atoms with Crippen LogP contribution in [-0.2, 0) is 20.6 Å². The van der Waals surface area contributed by atoms with E-state index >= 15 is 0 Å². The van der Waals surface area contributed by atoms with Crippen molar-refractivity contribution < 1.29 is 12.6 Å². The molecule has 1 N–H and O–H groups in total. The zero-order valence-corrected chi connectivity index (χ0v) is 13.0. The molecule has 0 fully saturated rings. The number of sulfone groups is 1. The molecule has 110 valence electrons. The minimum Gasteiger partial charge on any atom is -0.316 e. The maximum absolute atomic E-state index is 12.0. The van der Waals surface area contributed by atoms with Gasteiger partial charge in [0.15, 0.2) is 9.84 Å². The van der Waals surface area contributed by atoms with Crippen LogP contribution >= 0.6 is 0 Å². The molecule has 0 saturated carbocycles. The lowest BCUT2D eigenvalue weighted by atomic mass is 10.2. The second-order valence-corrected chi connectivity index (χ2v) is 8.00. The van der Waals surface area contributed by atoms with E-state index in [0.29, 0.717) is 24.4 Å². The molecule has 0 bridgehead atoms. The fourth-order valence-corrected chi connectivity index (χ4v) is 3.34. The molecule has 1 unspecified atom stereocenters. The summed E-state index contributed by atoms with van der Waals surface area (Å²) in [5, 5.41) is 11.7.